The summed E-state index contributed by atoms with van der Waals surface area (Å²) in [5.41, 5.74) is -0.628. The first-order valence-corrected chi connectivity index (χ1v) is 12.4. The highest BCUT2D eigenvalue weighted by Gasteiger charge is 2.67. The lowest BCUT2D eigenvalue weighted by Gasteiger charge is -2.44. The van der Waals surface area contributed by atoms with Gasteiger partial charge in [0.25, 0.3) is 0 Å². The van der Waals surface area contributed by atoms with Gasteiger partial charge in [-0.1, -0.05) is 45.9 Å². The molecule has 3 rings (SSSR count). The Kier molecular flexibility index (Phi) is 17.0. The standard InChI is InChI=1S/C14H25NO5.C8H8O2.2C2H6.C2H4.2H2/c1-12(2,3)20-11(16)15-8-7-10-13(15,4)14(17-5,18-6)9-19-10;1-10-8(9)7-5-3-2-4-6-7;3*1-2;;/h10H,7-9H2,1-6H3;2-6H,1H3;2*1-2H3;1-2H2;2*1H. The molecule has 0 bridgehead atoms. The number of ether oxygens (including phenoxy) is 5. The number of methoxy groups -OCH3 is 3. The SMILES string of the molecule is C=C.CC.CC.COC(=O)c1ccccc1.COC1(OC)COC2CCN(C(=O)OC(C)(C)C)C21C.[HH].[HH]. The van der Waals surface area contributed by atoms with Gasteiger partial charge in [0, 0.05) is 23.6 Å². The number of benzene rings is 1. The maximum absolute atomic E-state index is 12.5. The molecular weight excluding hydrogens is 462 g/mol. The van der Waals surface area contributed by atoms with Gasteiger partial charge in [-0.3, -0.25) is 4.90 Å². The van der Waals surface area contributed by atoms with Crippen LogP contribution in [0.2, 0.25) is 0 Å². The summed E-state index contributed by atoms with van der Waals surface area (Å²) < 4.78 is 26.9. The molecule has 2 atom stereocenters. The molecule has 2 heterocycles. The monoisotopic (exact) mass is 515 g/mol. The van der Waals surface area contributed by atoms with Crippen LogP contribution in [0, 0.1) is 0 Å². The minimum atomic E-state index is -0.953. The van der Waals surface area contributed by atoms with Crippen LogP contribution in [0.3, 0.4) is 0 Å². The van der Waals surface area contributed by atoms with E-state index in [1.807, 2.05) is 61.5 Å². The molecule has 1 aromatic rings. The molecule has 0 aromatic heterocycles. The molecule has 0 saturated carbocycles. The fourth-order valence-corrected chi connectivity index (χ4v) is 3.89. The molecule has 2 aliphatic rings. The van der Waals surface area contributed by atoms with Gasteiger partial charge in [-0.05, 0) is 46.2 Å². The minimum absolute atomic E-state index is 0. The van der Waals surface area contributed by atoms with Crippen molar-refractivity contribution in [3.8, 4) is 0 Å². The highest BCUT2D eigenvalue weighted by molar-refractivity contribution is 5.89. The smallest absolute Gasteiger partial charge is 0.411 e. The van der Waals surface area contributed by atoms with Crippen LogP contribution in [0.1, 0.15) is 75.0 Å². The number of carbonyl (C=O) groups excluding carboxylic acids is 2. The van der Waals surface area contributed by atoms with Crippen molar-refractivity contribution in [3.05, 3.63) is 49.1 Å². The Morgan fingerprint density at radius 1 is 1.03 bits per heavy atom. The lowest BCUT2D eigenvalue weighted by Crippen LogP contribution is -2.64. The third-order valence-electron chi connectivity index (χ3n) is 5.52. The van der Waals surface area contributed by atoms with E-state index >= 15 is 0 Å². The van der Waals surface area contributed by atoms with Gasteiger partial charge < -0.3 is 23.7 Å². The van der Waals surface area contributed by atoms with Crippen molar-refractivity contribution in [3.63, 3.8) is 0 Å². The van der Waals surface area contributed by atoms with Crippen molar-refractivity contribution in [1.82, 2.24) is 4.90 Å². The van der Waals surface area contributed by atoms with E-state index in [1.54, 1.807) is 43.4 Å². The molecule has 2 saturated heterocycles. The number of fused-ring (bicyclic) bond motifs is 1. The van der Waals surface area contributed by atoms with E-state index in [4.69, 9.17) is 18.9 Å². The van der Waals surface area contributed by atoms with Crippen molar-refractivity contribution in [1.29, 1.82) is 0 Å². The van der Waals surface area contributed by atoms with Crippen LogP contribution in [0.5, 0.6) is 0 Å². The van der Waals surface area contributed by atoms with Crippen molar-refractivity contribution in [2.75, 3.05) is 34.5 Å². The van der Waals surface area contributed by atoms with E-state index in [9.17, 15) is 9.59 Å². The van der Waals surface area contributed by atoms with Crippen LogP contribution in [0.15, 0.2) is 43.5 Å². The molecule has 2 unspecified atom stereocenters. The van der Waals surface area contributed by atoms with E-state index in [0.29, 0.717) is 18.7 Å². The number of rotatable bonds is 3. The molecule has 36 heavy (non-hydrogen) atoms. The number of carbonyl (C=O) groups is 2. The summed E-state index contributed by atoms with van der Waals surface area (Å²) in [7, 11) is 4.52. The van der Waals surface area contributed by atoms with Crippen molar-refractivity contribution in [2.24, 2.45) is 0 Å². The van der Waals surface area contributed by atoms with Gasteiger partial charge in [-0.25, -0.2) is 9.59 Å². The number of likely N-dealkylation sites (tertiary alicyclic amines) is 1. The van der Waals surface area contributed by atoms with Gasteiger partial charge in [0.1, 0.15) is 17.7 Å². The Hall–Kier alpha value is -2.42. The van der Waals surface area contributed by atoms with E-state index < -0.39 is 16.9 Å². The quantitative estimate of drug-likeness (QED) is 0.255. The van der Waals surface area contributed by atoms with Crippen molar-refractivity contribution >= 4 is 12.1 Å². The van der Waals surface area contributed by atoms with Crippen LogP contribution in [0.25, 0.3) is 0 Å². The van der Waals surface area contributed by atoms with Crippen LogP contribution in [-0.4, -0.2) is 74.5 Å². The molecule has 0 spiro atoms. The van der Waals surface area contributed by atoms with Gasteiger partial charge in [-0.2, -0.15) is 0 Å². The Morgan fingerprint density at radius 3 is 1.94 bits per heavy atom. The average Bonchev–Trinajstić information content (AvgIpc) is 3.39. The summed E-state index contributed by atoms with van der Waals surface area (Å²) >= 11 is 0. The van der Waals surface area contributed by atoms with E-state index in [1.165, 1.54) is 7.11 Å². The molecule has 0 N–H and O–H groups in total. The fourth-order valence-electron chi connectivity index (χ4n) is 3.89. The van der Waals surface area contributed by atoms with Crippen LogP contribution >= 0.6 is 0 Å². The van der Waals surface area contributed by atoms with Gasteiger partial charge in [0.05, 0.1) is 18.8 Å². The zero-order chi connectivity index (χ0) is 28.6. The molecule has 8 nitrogen and oxygen atoms in total. The summed E-state index contributed by atoms with van der Waals surface area (Å²) in [6.45, 7) is 22.4. The summed E-state index contributed by atoms with van der Waals surface area (Å²) in [5, 5.41) is 0. The molecule has 212 valence electrons. The third kappa shape index (κ3) is 8.61. The topological polar surface area (TPSA) is 83.5 Å². The molecule has 1 amide bonds. The number of amides is 1. The number of esters is 1. The van der Waals surface area contributed by atoms with Crippen molar-refractivity contribution < 1.29 is 36.1 Å². The van der Waals surface area contributed by atoms with E-state index in [-0.39, 0.29) is 21.0 Å². The van der Waals surface area contributed by atoms with Crippen LogP contribution in [-0.2, 0) is 23.7 Å². The predicted molar refractivity (Wildman–Crippen MR) is 148 cm³/mol. The molecule has 2 fully saturated rings. The molecule has 0 aliphatic carbocycles. The summed E-state index contributed by atoms with van der Waals surface area (Å²) in [6.07, 6.45) is 0.297. The Bertz CT molecular complexity index is 755. The second kappa shape index (κ2) is 17.1. The number of hydrogen-bond donors (Lipinski definition) is 0. The first-order valence-electron chi connectivity index (χ1n) is 12.4. The number of nitrogens with zero attached hydrogens (tertiary/aromatic N) is 1. The van der Waals surface area contributed by atoms with E-state index in [0.717, 1.165) is 6.42 Å². The fraction of sp³-hybridized carbons (Fsp3) is 0.643. The second-order valence-corrected chi connectivity index (χ2v) is 8.39. The van der Waals surface area contributed by atoms with E-state index in [2.05, 4.69) is 17.9 Å². The van der Waals surface area contributed by atoms with Crippen molar-refractivity contribution in [2.45, 2.75) is 84.8 Å². The normalized spacial score (nSPS) is 20.9. The van der Waals surface area contributed by atoms with Gasteiger partial charge in [0.2, 0.25) is 5.79 Å². The minimum Gasteiger partial charge on any atom is -0.465 e. The van der Waals surface area contributed by atoms with Crippen LogP contribution < -0.4 is 0 Å². The summed E-state index contributed by atoms with van der Waals surface area (Å²) in [6, 6.07) is 8.88. The average molecular weight is 516 g/mol. The summed E-state index contributed by atoms with van der Waals surface area (Å²) in [5.74, 6) is -1.24. The molecule has 2 aliphatic heterocycles. The number of hydrogen-bond acceptors (Lipinski definition) is 7. The molecule has 0 radical (unpaired) electrons. The zero-order valence-electron chi connectivity index (χ0n) is 24.3. The first kappa shape index (κ1) is 35.7. The van der Waals surface area contributed by atoms with Crippen LogP contribution in [0.4, 0.5) is 4.79 Å². The Labute approximate surface area is 221 Å². The third-order valence-corrected chi connectivity index (χ3v) is 5.52. The maximum Gasteiger partial charge on any atom is 0.411 e. The van der Waals surface area contributed by atoms with Gasteiger partial charge >= 0.3 is 12.1 Å². The Morgan fingerprint density at radius 2 is 1.53 bits per heavy atom. The Balaban J connectivity index is -0.000000273. The summed E-state index contributed by atoms with van der Waals surface area (Å²) in [4.78, 5) is 24.9. The second-order valence-electron chi connectivity index (χ2n) is 8.39. The van der Waals surface area contributed by atoms with Gasteiger partial charge in [0.15, 0.2) is 0 Å². The van der Waals surface area contributed by atoms with Gasteiger partial charge in [-0.15, -0.1) is 13.2 Å². The highest BCUT2D eigenvalue weighted by Crippen LogP contribution is 2.48. The first-order chi connectivity index (χ1) is 17.0. The molecule has 1 aromatic carbocycles. The molecular formula is C28H53NO7. The lowest BCUT2D eigenvalue weighted by atomic mass is 9.88. The largest absolute Gasteiger partial charge is 0.465 e. The molecule has 8 heteroatoms. The zero-order valence-corrected chi connectivity index (χ0v) is 24.3. The lowest BCUT2D eigenvalue weighted by molar-refractivity contribution is -0.249. The highest BCUT2D eigenvalue weighted by atomic mass is 16.7. The maximum atomic E-state index is 12.5. The predicted octanol–water partition coefficient (Wildman–Crippen LogP) is 6.59.